The van der Waals surface area contributed by atoms with Gasteiger partial charge in [-0.2, -0.15) is 4.31 Å². The minimum absolute atomic E-state index is 0.217. The Balaban J connectivity index is 2.01. The number of hydrogen-bond donors (Lipinski definition) is 1. The second-order valence-corrected chi connectivity index (χ2v) is 7.63. The van der Waals surface area contributed by atoms with Crippen LogP contribution in [0.1, 0.15) is 32.6 Å². The molecule has 1 saturated heterocycles. The number of benzene rings is 1. The molecule has 0 bridgehead atoms. The van der Waals surface area contributed by atoms with Gasteiger partial charge in [-0.15, -0.1) is 0 Å². The molecule has 1 aromatic rings. The first-order chi connectivity index (χ1) is 10.9. The highest BCUT2D eigenvalue weighted by atomic mass is 32.2. The number of piperidine rings is 1. The van der Waals surface area contributed by atoms with Crippen LogP contribution in [-0.2, 0) is 14.8 Å². The minimum Gasteiger partial charge on any atom is -0.494 e. The van der Waals surface area contributed by atoms with Crippen molar-refractivity contribution in [3.8, 4) is 5.75 Å². The number of unbranched alkanes of at least 4 members (excludes halogenated alkanes) is 1. The van der Waals surface area contributed by atoms with Gasteiger partial charge in [0, 0.05) is 13.1 Å². The summed E-state index contributed by atoms with van der Waals surface area (Å²) in [5.74, 6) is -0.645. The first-order valence-corrected chi connectivity index (χ1v) is 9.35. The van der Waals surface area contributed by atoms with Crippen LogP contribution in [0.15, 0.2) is 29.2 Å². The molecule has 0 radical (unpaired) electrons. The van der Waals surface area contributed by atoms with Crippen molar-refractivity contribution in [2.45, 2.75) is 37.5 Å². The van der Waals surface area contributed by atoms with Gasteiger partial charge in [-0.25, -0.2) is 8.42 Å². The molecule has 1 aliphatic rings. The Kier molecular flexibility index (Phi) is 6.01. The molecule has 0 amide bonds. The van der Waals surface area contributed by atoms with Gasteiger partial charge < -0.3 is 9.84 Å². The third-order valence-corrected chi connectivity index (χ3v) is 5.94. The Morgan fingerprint density at radius 3 is 2.39 bits per heavy atom. The zero-order valence-electron chi connectivity index (χ0n) is 13.3. The number of sulfonamides is 1. The van der Waals surface area contributed by atoms with Gasteiger partial charge >= 0.3 is 5.97 Å². The number of ether oxygens (including phenoxy) is 1. The predicted molar refractivity (Wildman–Crippen MR) is 86.0 cm³/mol. The maximum Gasteiger partial charge on any atom is 0.306 e. The second-order valence-electron chi connectivity index (χ2n) is 5.69. The summed E-state index contributed by atoms with van der Waals surface area (Å²) in [6, 6.07) is 6.40. The summed E-state index contributed by atoms with van der Waals surface area (Å²) in [7, 11) is -3.57. The average molecular weight is 341 g/mol. The van der Waals surface area contributed by atoms with Crippen LogP contribution >= 0.6 is 0 Å². The smallest absolute Gasteiger partial charge is 0.306 e. The van der Waals surface area contributed by atoms with Crippen LogP contribution in [-0.4, -0.2) is 43.5 Å². The van der Waals surface area contributed by atoms with E-state index in [-0.39, 0.29) is 18.0 Å². The Hall–Kier alpha value is -1.60. The van der Waals surface area contributed by atoms with E-state index in [2.05, 4.69) is 6.92 Å². The molecular formula is C16H23NO5S. The Morgan fingerprint density at radius 1 is 1.26 bits per heavy atom. The van der Waals surface area contributed by atoms with Gasteiger partial charge in [0.1, 0.15) is 5.75 Å². The summed E-state index contributed by atoms with van der Waals surface area (Å²) in [5.41, 5.74) is 0. The van der Waals surface area contributed by atoms with Crippen molar-refractivity contribution in [1.82, 2.24) is 4.31 Å². The first-order valence-electron chi connectivity index (χ1n) is 7.91. The second kappa shape index (κ2) is 7.79. The van der Waals surface area contributed by atoms with Crippen LogP contribution < -0.4 is 4.74 Å². The molecule has 1 aliphatic heterocycles. The summed E-state index contributed by atoms with van der Waals surface area (Å²) in [6.07, 6.45) is 2.71. The van der Waals surface area contributed by atoms with E-state index < -0.39 is 21.9 Å². The molecule has 0 spiro atoms. The molecule has 0 atom stereocenters. The lowest BCUT2D eigenvalue weighted by Crippen LogP contribution is -2.40. The third-order valence-electron chi connectivity index (χ3n) is 4.03. The molecule has 128 valence electrons. The maximum atomic E-state index is 12.6. The van der Waals surface area contributed by atoms with Crippen molar-refractivity contribution >= 4 is 16.0 Å². The predicted octanol–water partition coefficient (Wildman–Crippen LogP) is 2.35. The number of aliphatic carboxylic acids is 1. The topological polar surface area (TPSA) is 83.9 Å². The zero-order valence-corrected chi connectivity index (χ0v) is 14.1. The SMILES string of the molecule is CCCCOc1ccc(S(=O)(=O)N2CCC(C(=O)O)CC2)cc1. The molecule has 2 rings (SSSR count). The molecular weight excluding hydrogens is 318 g/mol. The molecule has 0 saturated carbocycles. The largest absolute Gasteiger partial charge is 0.494 e. The molecule has 0 aromatic heterocycles. The van der Waals surface area contributed by atoms with Crippen molar-refractivity contribution in [3.63, 3.8) is 0 Å². The van der Waals surface area contributed by atoms with E-state index in [1.807, 2.05) is 0 Å². The van der Waals surface area contributed by atoms with E-state index in [0.29, 0.717) is 25.2 Å². The van der Waals surface area contributed by atoms with Crippen molar-refractivity contribution in [2.75, 3.05) is 19.7 Å². The zero-order chi connectivity index (χ0) is 16.9. The Labute approximate surface area is 137 Å². The van der Waals surface area contributed by atoms with E-state index >= 15 is 0 Å². The maximum absolute atomic E-state index is 12.6. The molecule has 23 heavy (non-hydrogen) atoms. The van der Waals surface area contributed by atoms with E-state index in [0.717, 1.165) is 12.8 Å². The Morgan fingerprint density at radius 2 is 1.87 bits per heavy atom. The molecule has 1 N–H and O–H groups in total. The number of carboxylic acids is 1. The lowest BCUT2D eigenvalue weighted by atomic mass is 9.99. The quantitative estimate of drug-likeness (QED) is 0.770. The van der Waals surface area contributed by atoms with Gasteiger partial charge in [0.05, 0.1) is 17.4 Å². The van der Waals surface area contributed by atoms with Gasteiger partial charge in [-0.05, 0) is 43.5 Å². The molecule has 7 heteroatoms. The fourth-order valence-corrected chi connectivity index (χ4v) is 4.00. The highest BCUT2D eigenvalue weighted by Crippen LogP contribution is 2.25. The lowest BCUT2D eigenvalue weighted by molar-refractivity contribution is -0.142. The molecule has 0 aliphatic carbocycles. The molecule has 1 heterocycles. The van der Waals surface area contributed by atoms with Crippen LogP contribution in [0, 0.1) is 5.92 Å². The molecule has 1 fully saturated rings. The third kappa shape index (κ3) is 4.45. The lowest BCUT2D eigenvalue weighted by Gasteiger charge is -2.29. The van der Waals surface area contributed by atoms with Crippen LogP contribution in [0.2, 0.25) is 0 Å². The van der Waals surface area contributed by atoms with Gasteiger partial charge in [-0.1, -0.05) is 13.3 Å². The van der Waals surface area contributed by atoms with Crippen LogP contribution in [0.3, 0.4) is 0 Å². The highest BCUT2D eigenvalue weighted by molar-refractivity contribution is 7.89. The monoisotopic (exact) mass is 341 g/mol. The van der Waals surface area contributed by atoms with Gasteiger partial charge in [0.25, 0.3) is 0 Å². The summed E-state index contributed by atoms with van der Waals surface area (Å²) < 4.78 is 32.0. The number of hydrogen-bond acceptors (Lipinski definition) is 4. The number of carboxylic acid groups (broad SMARTS) is 1. The first kappa shape index (κ1) is 17.7. The summed E-state index contributed by atoms with van der Waals surface area (Å²) in [6.45, 7) is 3.18. The standard InChI is InChI=1S/C16H23NO5S/c1-2-3-12-22-14-4-6-15(7-5-14)23(20,21)17-10-8-13(9-11-17)16(18)19/h4-7,13H,2-3,8-12H2,1H3,(H,18,19). The number of nitrogens with zero attached hydrogens (tertiary/aromatic N) is 1. The average Bonchev–Trinajstić information content (AvgIpc) is 2.55. The molecule has 1 aromatic carbocycles. The van der Waals surface area contributed by atoms with Crippen molar-refractivity contribution < 1.29 is 23.1 Å². The highest BCUT2D eigenvalue weighted by Gasteiger charge is 2.31. The van der Waals surface area contributed by atoms with Crippen molar-refractivity contribution in [1.29, 1.82) is 0 Å². The van der Waals surface area contributed by atoms with Gasteiger partial charge in [0.2, 0.25) is 10.0 Å². The van der Waals surface area contributed by atoms with Crippen LogP contribution in [0.4, 0.5) is 0 Å². The van der Waals surface area contributed by atoms with E-state index in [9.17, 15) is 13.2 Å². The fraction of sp³-hybridized carbons (Fsp3) is 0.562. The van der Waals surface area contributed by atoms with E-state index in [1.54, 1.807) is 24.3 Å². The number of carbonyl (C=O) groups is 1. The molecule has 0 unspecified atom stereocenters. The normalized spacial score (nSPS) is 17.1. The van der Waals surface area contributed by atoms with E-state index in [1.165, 1.54) is 4.31 Å². The summed E-state index contributed by atoms with van der Waals surface area (Å²) >= 11 is 0. The fourth-order valence-electron chi connectivity index (χ4n) is 2.53. The van der Waals surface area contributed by atoms with Crippen LogP contribution in [0.25, 0.3) is 0 Å². The van der Waals surface area contributed by atoms with Crippen molar-refractivity contribution in [3.05, 3.63) is 24.3 Å². The summed E-state index contributed by atoms with van der Waals surface area (Å²) in [5, 5.41) is 8.98. The van der Waals surface area contributed by atoms with Gasteiger partial charge in [-0.3, -0.25) is 4.79 Å². The van der Waals surface area contributed by atoms with Crippen molar-refractivity contribution in [2.24, 2.45) is 5.92 Å². The summed E-state index contributed by atoms with van der Waals surface area (Å²) in [4.78, 5) is 11.2. The Bertz CT molecular complexity index is 618. The van der Waals surface area contributed by atoms with E-state index in [4.69, 9.17) is 9.84 Å². The van der Waals surface area contributed by atoms with Gasteiger partial charge in [0.15, 0.2) is 0 Å². The minimum atomic E-state index is -3.57. The number of rotatable bonds is 7. The van der Waals surface area contributed by atoms with Crippen LogP contribution in [0.5, 0.6) is 5.75 Å². The molecule has 6 nitrogen and oxygen atoms in total.